The average Bonchev–Trinajstić information content (AvgIpc) is 2.32. The van der Waals surface area contributed by atoms with E-state index in [-0.39, 0.29) is 5.54 Å². The van der Waals surface area contributed by atoms with Crippen LogP contribution in [-0.2, 0) is 0 Å². The minimum absolute atomic E-state index is 0.236. The molecule has 1 unspecified atom stereocenters. The van der Waals surface area contributed by atoms with Crippen molar-refractivity contribution in [2.45, 2.75) is 84.2 Å². The Hall–Kier alpha value is -0.0800. The van der Waals surface area contributed by atoms with Crippen LogP contribution in [0.2, 0.25) is 0 Å². The fourth-order valence-electron chi connectivity index (χ4n) is 2.29. The fraction of sp³-hybridized carbons (Fsp3) is 1.00. The van der Waals surface area contributed by atoms with Gasteiger partial charge in [-0.15, -0.1) is 0 Å². The summed E-state index contributed by atoms with van der Waals surface area (Å²) in [5, 5.41) is 3.74. The summed E-state index contributed by atoms with van der Waals surface area (Å²) in [7, 11) is 4.38. The lowest BCUT2D eigenvalue weighted by molar-refractivity contribution is 0.130. The third-order valence-electron chi connectivity index (χ3n) is 4.24. The van der Waals surface area contributed by atoms with Crippen LogP contribution in [0.3, 0.4) is 0 Å². The van der Waals surface area contributed by atoms with E-state index in [1.54, 1.807) is 0 Å². The summed E-state index contributed by atoms with van der Waals surface area (Å²) in [5.41, 5.74) is 0.236. The van der Waals surface area contributed by atoms with Crippen LogP contribution in [0, 0.1) is 0 Å². The zero-order valence-corrected chi connectivity index (χ0v) is 13.7. The van der Waals surface area contributed by atoms with Crippen LogP contribution in [0.15, 0.2) is 0 Å². The molecule has 110 valence electrons. The van der Waals surface area contributed by atoms with Crippen molar-refractivity contribution >= 4 is 0 Å². The van der Waals surface area contributed by atoms with E-state index >= 15 is 0 Å². The molecule has 18 heavy (non-hydrogen) atoms. The van der Waals surface area contributed by atoms with Gasteiger partial charge in [0.15, 0.2) is 0 Å². The molecule has 0 aliphatic heterocycles. The Balaban J connectivity index is 4.14. The molecule has 0 radical (unpaired) electrons. The maximum absolute atomic E-state index is 3.74. The first-order chi connectivity index (χ1) is 8.46. The molecule has 2 nitrogen and oxygen atoms in total. The highest BCUT2D eigenvalue weighted by Gasteiger charge is 2.30. The first-order valence-electron chi connectivity index (χ1n) is 7.87. The second-order valence-corrected chi connectivity index (χ2v) is 6.26. The van der Waals surface area contributed by atoms with E-state index in [0.29, 0.717) is 6.04 Å². The molecule has 0 bridgehead atoms. The first kappa shape index (κ1) is 17.9. The van der Waals surface area contributed by atoms with Gasteiger partial charge >= 0.3 is 0 Å². The van der Waals surface area contributed by atoms with E-state index < -0.39 is 0 Å². The number of hydrogen-bond donors (Lipinski definition) is 1. The van der Waals surface area contributed by atoms with Gasteiger partial charge in [0, 0.05) is 11.6 Å². The number of nitrogens with zero attached hydrogens (tertiary/aromatic N) is 1. The smallest absolute Gasteiger partial charge is 0.0300 e. The Kier molecular flexibility index (Phi) is 9.76. The quantitative estimate of drug-likeness (QED) is 0.561. The Morgan fingerprint density at radius 1 is 0.944 bits per heavy atom. The maximum Gasteiger partial charge on any atom is 0.0300 e. The van der Waals surface area contributed by atoms with Crippen LogP contribution in [0.4, 0.5) is 0 Å². The molecule has 0 spiro atoms. The molecule has 0 aromatic heterocycles. The maximum atomic E-state index is 3.74. The molecule has 2 heteroatoms. The van der Waals surface area contributed by atoms with Crippen LogP contribution in [0.25, 0.3) is 0 Å². The van der Waals surface area contributed by atoms with E-state index in [4.69, 9.17) is 0 Å². The summed E-state index contributed by atoms with van der Waals surface area (Å²) in [5.74, 6) is 0. The molecular weight excluding hydrogens is 220 g/mol. The Morgan fingerprint density at radius 2 is 1.56 bits per heavy atom. The molecule has 0 saturated heterocycles. The van der Waals surface area contributed by atoms with Crippen molar-refractivity contribution in [2.24, 2.45) is 0 Å². The van der Waals surface area contributed by atoms with E-state index in [0.717, 1.165) is 6.54 Å². The van der Waals surface area contributed by atoms with E-state index in [2.05, 4.69) is 52.0 Å². The number of hydrogen-bond acceptors (Lipinski definition) is 2. The minimum Gasteiger partial charge on any atom is -0.312 e. The summed E-state index contributed by atoms with van der Waals surface area (Å²) in [6.45, 7) is 10.4. The summed E-state index contributed by atoms with van der Waals surface area (Å²) in [6, 6.07) is 0.606. The topological polar surface area (TPSA) is 15.3 Å². The average molecular weight is 256 g/mol. The molecular formula is C16H36N2. The molecule has 0 aliphatic carbocycles. The third kappa shape index (κ3) is 6.75. The van der Waals surface area contributed by atoms with Crippen molar-refractivity contribution in [1.82, 2.24) is 10.2 Å². The van der Waals surface area contributed by atoms with Crippen LogP contribution in [0.5, 0.6) is 0 Å². The highest BCUT2D eigenvalue weighted by molar-refractivity contribution is 4.91. The predicted octanol–water partition coefficient (Wildman–Crippen LogP) is 4.06. The van der Waals surface area contributed by atoms with Crippen molar-refractivity contribution in [3.8, 4) is 0 Å². The van der Waals surface area contributed by atoms with Gasteiger partial charge in [-0.2, -0.15) is 0 Å². The minimum atomic E-state index is 0.236. The van der Waals surface area contributed by atoms with Crippen molar-refractivity contribution < 1.29 is 0 Å². The van der Waals surface area contributed by atoms with E-state index in [1.165, 1.54) is 44.9 Å². The third-order valence-corrected chi connectivity index (χ3v) is 4.24. The van der Waals surface area contributed by atoms with Crippen LogP contribution in [-0.4, -0.2) is 37.1 Å². The van der Waals surface area contributed by atoms with Gasteiger partial charge in [0.05, 0.1) is 0 Å². The Labute approximate surface area is 116 Å². The highest BCUT2D eigenvalue weighted by atomic mass is 15.2. The zero-order chi connectivity index (χ0) is 14.0. The second kappa shape index (κ2) is 9.80. The molecule has 0 aromatic carbocycles. The van der Waals surface area contributed by atoms with E-state index in [1.807, 2.05) is 0 Å². The molecule has 0 amide bonds. The lowest BCUT2D eigenvalue weighted by Gasteiger charge is -2.41. The van der Waals surface area contributed by atoms with Gasteiger partial charge in [-0.05, 0) is 47.3 Å². The highest BCUT2D eigenvalue weighted by Crippen LogP contribution is 2.21. The molecule has 0 aliphatic rings. The van der Waals surface area contributed by atoms with Crippen molar-refractivity contribution in [2.75, 3.05) is 20.6 Å². The Bertz CT molecular complexity index is 188. The summed E-state index contributed by atoms with van der Waals surface area (Å²) < 4.78 is 0. The molecule has 0 saturated carbocycles. The van der Waals surface area contributed by atoms with Gasteiger partial charge in [0.1, 0.15) is 0 Å². The monoisotopic (exact) mass is 256 g/mol. The van der Waals surface area contributed by atoms with Crippen molar-refractivity contribution in [1.29, 1.82) is 0 Å². The van der Waals surface area contributed by atoms with Gasteiger partial charge in [-0.25, -0.2) is 0 Å². The van der Waals surface area contributed by atoms with Crippen molar-refractivity contribution in [3.05, 3.63) is 0 Å². The van der Waals surface area contributed by atoms with Crippen LogP contribution < -0.4 is 5.32 Å². The predicted molar refractivity (Wildman–Crippen MR) is 83.2 cm³/mol. The van der Waals surface area contributed by atoms with Gasteiger partial charge in [0.25, 0.3) is 0 Å². The molecule has 1 N–H and O–H groups in total. The number of likely N-dealkylation sites (N-methyl/N-ethyl adjacent to an activating group) is 1. The van der Waals surface area contributed by atoms with Crippen LogP contribution >= 0.6 is 0 Å². The number of nitrogens with one attached hydrogen (secondary N) is 1. The van der Waals surface area contributed by atoms with Gasteiger partial charge < -0.3 is 10.2 Å². The molecule has 0 rings (SSSR count). The van der Waals surface area contributed by atoms with Gasteiger partial charge in [-0.1, -0.05) is 46.0 Å². The fourth-order valence-corrected chi connectivity index (χ4v) is 2.29. The molecule has 0 fully saturated rings. The van der Waals surface area contributed by atoms with Gasteiger partial charge in [-0.3, -0.25) is 0 Å². The lowest BCUT2D eigenvalue weighted by atomic mass is 9.88. The number of rotatable bonds is 11. The standard InChI is InChI=1S/C16H36N2/c1-7-9-10-11-12-13-15(17-14-8-2)16(3,4)18(5)6/h15,17H,7-14H2,1-6H3. The Morgan fingerprint density at radius 3 is 2.06 bits per heavy atom. The first-order valence-corrected chi connectivity index (χ1v) is 7.87. The van der Waals surface area contributed by atoms with Crippen LogP contribution in [0.1, 0.15) is 72.6 Å². The summed E-state index contributed by atoms with van der Waals surface area (Å²) in [6.07, 6.45) is 9.40. The summed E-state index contributed by atoms with van der Waals surface area (Å²) >= 11 is 0. The molecule has 0 heterocycles. The zero-order valence-electron chi connectivity index (χ0n) is 13.7. The normalized spacial score (nSPS) is 14.2. The SMILES string of the molecule is CCCCCCCC(NCCC)C(C)(C)N(C)C. The largest absolute Gasteiger partial charge is 0.312 e. The van der Waals surface area contributed by atoms with Crippen molar-refractivity contribution in [3.63, 3.8) is 0 Å². The van der Waals surface area contributed by atoms with E-state index in [9.17, 15) is 0 Å². The second-order valence-electron chi connectivity index (χ2n) is 6.26. The summed E-state index contributed by atoms with van der Waals surface area (Å²) in [4.78, 5) is 2.35. The van der Waals surface area contributed by atoms with Gasteiger partial charge in [0.2, 0.25) is 0 Å². The lowest BCUT2D eigenvalue weighted by Crippen LogP contribution is -2.55. The molecule has 0 aromatic rings. The molecule has 1 atom stereocenters. The number of unbranched alkanes of at least 4 members (excludes halogenated alkanes) is 4.